The number of esters is 2. The van der Waals surface area contributed by atoms with Gasteiger partial charge in [-0.05, 0) is 32.9 Å². The van der Waals surface area contributed by atoms with Gasteiger partial charge in [0, 0.05) is 12.2 Å². The van der Waals surface area contributed by atoms with E-state index in [1.54, 1.807) is 19.0 Å². The second kappa shape index (κ2) is 24.2. The van der Waals surface area contributed by atoms with E-state index in [0.717, 1.165) is 50.7 Å². The summed E-state index contributed by atoms with van der Waals surface area (Å²) in [7, 11) is 3.53. The predicted octanol–water partition coefficient (Wildman–Crippen LogP) is 2.80. The van der Waals surface area contributed by atoms with E-state index in [1.807, 2.05) is 0 Å². The molecule has 2 amide bonds. The largest absolute Gasteiger partial charge is 0.459 e. The summed E-state index contributed by atoms with van der Waals surface area (Å²) in [6.45, 7) is 6.08. The molecule has 0 bridgehead atoms. The van der Waals surface area contributed by atoms with Gasteiger partial charge in [-0.3, -0.25) is 20.9 Å². The first-order valence-corrected chi connectivity index (χ1v) is 15.5. The minimum absolute atomic E-state index is 0.0120. The van der Waals surface area contributed by atoms with Crippen LogP contribution in [-0.4, -0.2) is 88.3 Å². The zero-order valence-corrected chi connectivity index (χ0v) is 26.5. The smallest absolute Gasteiger partial charge is 0.409 e. The highest BCUT2D eigenvalue weighted by molar-refractivity contribution is 5.81. The number of carbonyl (C=O) groups excluding carboxylic acids is 4. The second-order valence-electron chi connectivity index (χ2n) is 10.8. The minimum atomic E-state index is -0.931. The number of nitrogens with zero attached hydrogens (tertiary/aromatic N) is 1. The lowest BCUT2D eigenvalue weighted by Gasteiger charge is -2.35. The van der Waals surface area contributed by atoms with Crippen molar-refractivity contribution in [3.05, 3.63) is 25.3 Å². The molecule has 6 N–H and O–H groups in total. The number of alkyl carbamates (subject to hydrolysis) is 2. The third-order valence-electron chi connectivity index (χ3n) is 7.10. The molecule has 0 aromatic heterocycles. The summed E-state index contributed by atoms with van der Waals surface area (Å²) in [5.41, 5.74) is 6.22. The molecule has 1 rings (SSSR count). The number of carbonyl (C=O) groups is 4. The van der Waals surface area contributed by atoms with E-state index in [4.69, 9.17) is 24.7 Å². The molecular weight excluding hydrogens is 572 g/mol. The van der Waals surface area contributed by atoms with Gasteiger partial charge in [0.15, 0.2) is 0 Å². The van der Waals surface area contributed by atoms with Gasteiger partial charge in [0.2, 0.25) is 0 Å². The molecular formula is C30H54N6O8. The highest BCUT2D eigenvalue weighted by Crippen LogP contribution is 2.23. The number of hydrogen-bond acceptors (Lipinski definition) is 12. The maximum Gasteiger partial charge on any atom is 0.409 e. The molecule has 252 valence electrons. The highest BCUT2D eigenvalue weighted by atomic mass is 16.6. The molecule has 14 nitrogen and oxygen atoms in total. The zero-order valence-electron chi connectivity index (χ0n) is 26.5. The topological polar surface area (TPSA) is 183 Å². The molecule has 1 aliphatic rings. The Kier molecular flexibility index (Phi) is 21.3. The average Bonchev–Trinajstić information content (AvgIpc) is 3.02. The fourth-order valence-electron chi connectivity index (χ4n) is 4.63. The van der Waals surface area contributed by atoms with E-state index in [9.17, 15) is 19.2 Å². The van der Waals surface area contributed by atoms with Crippen molar-refractivity contribution in [3.63, 3.8) is 0 Å². The SMILES string of the molecule is C=CC(=O)OCCOC(=O)NC(NC(NC(=O)OCCOC(=O)C=C)C1CCCCCCCCCCCC1)NC(N)N(C)C. The maximum atomic E-state index is 12.9. The van der Waals surface area contributed by atoms with E-state index in [2.05, 4.69) is 34.4 Å². The number of amides is 2. The van der Waals surface area contributed by atoms with Gasteiger partial charge in [0.1, 0.15) is 39.0 Å². The van der Waals surface area contributed by atoms with Gasteiger partial charge < -0.3 is 30.0 Å². The molecule has 14 heteroatoms. The van der Waals surface area contributed by atoms with E-state index in [0.29, 0.717) is 0 Å². The van der Waals surface area contributed by atoms with Gasteiger partial charge in [-0.15, -0.1) is 0 Å². The van der Waals surface area contributed by atoms with Gasteiger partial charge in [-0.2, -0.15) is 0 Å². The molecule has 0 spiro atoms. The second-order valence-corrected chi connectivity index (χ2v) is 10.8. The minimum Gasteiger partial charge on any atom is -0.459 e. The summed E-state index contributed by atoms with van der Waals surface area (Å²) < 4.78 is 20.2. The average molecular weight is 627 g/mol. The van der Waals surface area contributed by atoms with E-state index < -0.39 is 42.9 Å². The first-order chi connectivity index (χ1) is 21.2. The van der Waals surface area contributed by atoms with Crippen LogP contribution in [-0.2, 0) is 28.5 Å². The lowest BCUT2D eigenvalue weighted by Crippen LogP contribution is -2.67. The van der Waals surface area contributed by atoms with Crippen LogP contribution in [0.1, 0.15) is 77.0 Å². The molecule has 0 saturated heterocycles. The quantitative estimate of drug-likeness (QED) is 0.0556. The third kappa shape index (κ3) is 19.2. The van der Waals surface area contributed by atoms with Crippen LogP contribution in [0.5, 0.6) is 0 Å². The van der Waals surface area contributed by atoms with Crippen LogP contribution in [0.25, 0.3) is 0 Å². The lowest BCUT2D eigenvalue weighted by atomic mass is 9.91. The Labute approximate surface area is 261 Å². The first kappa shape index (κ1) is 38.8. The van der Waals surface area contributed by atoms with Crippen LogP contribution in [0.15, 0.2) is 25.3 Å². The summed E-state index contributed by atoms with van der Waals surface area (Å²) >= 11 is 0. The fraction of sp³-hybridized carbons (Fsp3) is 0.733. The van der Waals surface area contributed by atoms with Crippen LogP contribution in [0, 0.1) is 5.92 Å². The van der Waals surface area contributed by atoms with E-state index >= 15 is 0 Å². The van der Waals surface area contributed by atoms with Crippen molar-refractivity contribution in [2.24, 2.45) is 11.7 Å². The summed E-state index contributed by atoms with van der Waals surface area (Å²) in [6, 6.07) is 0. The Morgan fingerprint density at radius 2 is 1.11 bits per heavy atom. The molecule has 0 aromatic rings. The monoisotopic (exact) mass is 626 g/mol. The molecule has 0 aliphatic heterocycles. The van der Waals surface area contributed by atoms with Crippen LogP contribution >= 0.6 is 0 Å². The molecule has 0 aromatic carbocycles. The molecule has 0 heterocycles. The van der Waals surface area contributed by atoms with Crippen molar-refractivity contribution in [3.8, 4) is 0 Å². The Morgan fingerprint density at radius 3 is 1.55 bits per heavy atom. The summed E-state index contributed by atoms with van der Waals surface area (Å²) in [5, 5.41) is 12.0. The Bertz CT molecular complexity index is 860. The van der Waals surface area contributed by atoms with Gasteiger partial charge in [-0.1, -0.05) is 77.4 Å². The molecule has 0 radical (unpaired) electrons. The molecule has 1 saturated carbocycles. The number of nitrogens with one attached hydrogen (secondary N) is 4. The summed E-state index contributed by atoms with van der Waals surface area (Å²) in [5.74, 6) is -1.22. The summed E-state index contributed by atoms with van der Waals surface area (Å²) in [4.78, 5) is 49.8. The van der Waals surface area contributed by atoms with E-state index in [-0.39, 0.29) is 32.3 Å². The van der Waals surface area contributed by atoms with Gasteiger partial charge in [0.25, 0.3) is 0 Å². The molecule has 1 fully saturated rings. The highest BCUT2D eigenvalue weighted by Gasteiger charge is 2.28. The molecule has 1 aliphatic carbocycles. The van der Waals surface area contributed by atoms with Crippen LogP contribution < -0.4 is 27.0 Å². The Hall–Kier alpha value is -3.20. The number of ether oxygens (including phenoxy) is 4. The van der Waals surface area contributed by atoms with Crippen molar-refractivity contribution in [1.29, 1.82) is 0 Å². The van der Waals surface area contributed by atoms with Crippen molar-refractivity contribution in [2.75, 3.05) is 40.5 Å². The van der Waals surface area contributed by atoms with E-state index in [1.165, 1.54) is 38.5 Å². The fourth-order valence-corrected chi connectivity index (χ4v) is 4.63. The normalized spacial score (nSPS) is 17.3. The maximum absolute atomic E-state index is 12.9. The lowest BCUT2D eigenvalue weighted by molar-refractivity contribution is -0.139. The Morgan fingerprint density at radius 1 is 0.705 bits per heavy atom. The predicted molar refractivity (Wildman–Crippen MR) is 166 cm³/mol. The zero-order chi connectivity index (χ0) is 32.6. The first-order valence-electron chi connectivity index (χ1n) is 15.5. The van der Waals surface area contributed by atoms with Gasteiger partial charge >= 0.3 is 24.1 Å². The number of rotatable bonds is 16. The van der Waals surface area contributed by atoms with Crippen LogP contribution in [0.4, 0.5) is 9.59 Å². The van der Waals surface area contributed by atoms with Crippen LogP contribution in [0.2, 0.25) is 0 Å². The third-order valence-corrected chi connectivity index (χ3v) is 7.10. The molecule has 3 unspecified atom stereocenters. The van der Waals surface area contributed by atoms with Gasteiger partial charge in [-0.25, -0.2) is 19.2 Å². The molecule has 44 heavy (non-hydrogen) atoms. The van der Waals surface area contributed by atoms with Crippen molar-refractivity contribution in [1.82, 2.24) is 26.2 Å². The summed E-state index contributed by atoms with van der Waals surface area (Å²) in [6.07, 6.45) is 11.5. The number of hydrogen-bond donors (Lipinski definition) is 5. The number of nitrogens with two attached hydrogens (primary N) is 1. The van der Waals surface area contributed by atoms with Crippen LogP contribution in [0.3, 0.4) is 0 Å². The Balaban J connectivity index is 3.05. The van der Waals surface area contributed by atoms with Gasteiger partial charge in [0.05, 0.1) is 6.17 Å². The van der Waals surface area contributed by atoms with Crippen molar-refractivity contribution < 1.29 is 38.1 Å². The standard InChI is InChI=1S/C30H54N6O8/c1-5-24(37)41-19-21-43-29(39)33-26(23-17-15-13-11-9-7-8-10-12-14-16-18-23)32-28(34-27(31)36(3)4)35-30(40)44-22-20-42-25(38)6-2/h5-6,23,26-28,32,34H,1-2,7-22,31H2,3-4H3,(H,33,39)(H,35,40). The molecule has 3 atom stereocenters. The van der Waals surface area contributed by atoms with Crippen molar-refractivity contribution in [2.45, 2.75) is 95.8 Å². The van der Waals surface area contributed by atoms with Crippen molar-refractivity contribution >= 4 is 24.1 Å².